The van der Waals surface area contributed by atoms with Crippen LogP contribution in [-0.2, 0) is 16.6 Å². The summed E-state index contributed by atoms with van der Waals surface area (Å²) < 4.78 is 6.61. The Labute approximate surface area is 222 Å². The molecule has 1 saturated carbocycles. The fourth-order valence-electron chi connectivity index (χ4n) is 7.71. The van der Waals surface area contributed by atoms with Crippen LogP contribution in [0.5, 0.6) is 11.5 Å². The Kier molecular flexibility index (Phi) is 5.83. The third-order valence-electron chi connectivity index (χ3n) is 9.35. The number of carbonyl (C=O) groups is 1. The Morgan fingerprint density at radius 3 is 2.92 bits per heavy atom. The molecule has 0 aromatic heterocycles. The lowest BCUT2D eigenvalue weighted by molar-refractivity contribution is -0.428. The first-order chi connectivity index (χ1) is 18.2. The van der Waals surface area contributed by atoms with Crippen molar-refractivity contribution in [1.29, 1.82) is 0 Å². The molecule has 8 heteroatoms. The van der Waals surface area contributed by atoms with Gasteiger partial charge in [-0.3, -0.25) is 19.8 Å². The Morgan fingerprint density at radius 1 is 1.34 bits per heavy atom. The van der Waals surface area contributed by atoms with Crippen LogP contribution in [0, 0.1) is 23.0 Å². The van der Waals surface area contributed by atoms with E-state index in [9.17, 15) is 20.0 Å². The number of rotatable bonds is 6. The number of aryl methyl sites for hydroxylation is 1. The molecule has 2 aliphatic carbocycles. The molecule has 4 aliphatic rings. The zero-order valence-corrected chi connectivity index (χ0v) is 21.8. The van der Waals surface area contributed by atoms with E-state index in [1.165, 1.54) is 0 Å². The van der Waals surface area contributed by atoms with Crippen LogP contribution in [0.3, 0.4) is 0 Å². The second kappa shape index (κ2) is 8.98. The van der Waals surface area contributed by atoms with Gasteiger partial charge in [-0.05, 0) is 68.4 Å². The monoisotopic (exact) mass is 515 g/mol. The predicted molar refractivity (Wildman–Crippen MR) is 144 cm³/mol. The van der Waals surface area contributed by atoms with Gasteiger partial charge in [0, 0.05) is 36.7 Å². The van der Waals surface area contributed by atoms with E-state index in [1.54, 1.807) is 17.0 Å². The van der Waals surface area contributed by atoms with Crippen molar-refractivity contribution in [1.82, 2.24) is 9.80 Å². The fraction of sp³-hybridized carbons (Fsp3) is 0.433. The number of ether oxygens (including phenoxy) is 1. The van der Waals surface area contributed by atoms with Crippen LogP contribution in [0.1, 0.15) is 41.5 Å². The number of amides is 1. The second-order valence-corrected chi connectivity index (χ2v) is 11.3. The summed E-state index contributed by atoms with van der Waals surface area (Å²) in [4.78, 5) is 28.3. The van der Waals surface area contributed by atoms with Crippen LogP contribution in [-0.4, -0.2) is 64.1 Å². The van der Waals surface area contributed by atoms with E-state index in [0.717, 1.165) is 47.9 Å². The van der Waals surface area contributed by atoms with Crippen LogP contribution in [0.15, 0.2) is 54.8 Å². The Bertz CT molecular complexity index is 1370. The van der Waals surface area contributed by atoms with Crippen LogP contribution in [0.4, 0.5) is 0 Å². The molecule has 2 heterocycles. The standard InChI is InChI=1S/C30H33N3O5/c1-18-5-4-6-20(15-18)7-12-26(35)31(3)23-10-9-22-24-16-21-8-11-25(34)28-27(21)30(22,29(23)38-28)13-14-32(24)17-19(2)33(36)37/h4-8,11-12,15,22-24,29,34H,2,9-10,13-14,16-17H2,1,3H3/t22-,23-,24+,29-,30-/m0/s1. The van der Waals surface area contributed by atoms with E-state index in [1.807, 2.05) is 50.4 Å². The Morgan fingerprint density at radius 2 is 2.16 bits per heavy atom. The number of nitrogens with zero attached hydrogens (tertiary/aromatic N) is 3. The van der Waals surface area contributed by atoms with Crippen LogP contribution >= 0.6 is 0 Å². The predicted octanol–water partition coefficient (Wildman–Crippen LogP) is 4.07. The first kappa shape index (κ1) is 24.7. The molecule has 2 aromatic carbocycles. The Hall–Kier alpha value is -3.65. The second-order valence-electron chi connectivity index (χ2n) is 11.3. The van der Waals surface area contributed by atoms with E-state index in [0.29, 0.717) is 12.3 Å². The normalized spacial score (nSPS) is 29.0. The summed E-state index contributed by atoms with van der Waals surface area (Å²) in [7, 11) is 1.84. The van der Waals surface area contributed by atoms with Gasteiger partial charge >= 0.3 is 0 Å². The van der Waals surface area contributed by atoms with E-state index in [2.05, 4.69) is 11.5 Å². The van der Waals surface area contributed by atoms with E-state index < -0.39 is 0 Å². The lowest BCUT2D eigenvalue weighted by Crippen LogP contribution is -2.69. The van der Waals surface area contributed by atoms with Crippen molar-refractivity contribution in [3.63, 3.8) is 0 Å². The van der Waals surface area contributed by atoms with Gasteiger partial charge in [-0.25, -0.2) is 0 Å². The molecule has 6 rings (SSSR count). The quantitative estimate of drug-likeness (QED) is 0.354. The van der Waals surface area contributed by atoms with E-state index in [4.69, 9.17) is 4.74 Å². The average molecular weight is 516 g/mol. The molecule has 5 atom stereocenters. The highest BCUT2D eigenvalue weighted by molar-refractivity contribution is 5.92. The number of phenolic OH excluding ortho intramolecular Hbond substituents is 1. The number of likely N-dealkylation sites (tertiary alicyclic amines) is 1. The topological polar surface area (TPSA) is 96.2 Å². The molecule has 0 radical (unpaired) electrons. The molecule has 1 amide bonds. The summed E-state index contributed by atoms with van der Waals surface area (Å²) >= 11 is 0. The number of carbonyl (C=O) groups excluding carboxylic acids is 1. The highest BCUT2D eigenvalue weighted by Gasteiger charge is 2.66. The fourth-order valence-corrected chi connectivity index (χ4v) is 7.71. The summed E-state index contributed by atoms with van der Waals surface area (Å²) in [6, 6.07) is 11.6. The van der Waals surface area contributed by atoms with Crippen LogP contribution in [0.2, 0.25) is 0 Å². The number of nitro groups is 1. The van der Waals surface area contributed by atoms with Gasteiger partial charge in [0.1, 0.15) is 6.10 Å². The van der Waals surface area contributed by atoms with Crippen molar-refractivity contribution in [2.24, 2.45) is 5.92 Å². The molecule has 1 N–H and O–H groups in total. The minimum Gasteiger partial charge on any atom is -0.504 e. The Balaban J connectivity index is 1.33. The van der Waals surface area contributed by atoms with Crippen molar-refractivity contribution >= 4 is 12.0 Å². The molecule has 2 fully saturated rings. The smallest absolute Gasteiger partial charge is 0.253 e. The van der Waals surface area contributed by atoms with Gasteiger partial charge in [-0.1, -0.05) is 35.9 Å². The first-order valence-corrected chi connectivity index (χ1v) is 13.3. The van der Waals surface area contributed by atoms with E-state index >= 15 is 0 Å². The minimum atomic E-state index is -0.388. The summed E-state index contributed by atoms with van der Waals surface area (Å²) in [6.07, 6.45) is 6.35. The molecule has 0 unspecified atom stereocenters. The van der Waals surface area contributed by atoms with Gasteiger partial charge < -0.3 is 14.7 Å². The SMILES string of the molecule is C=C(CN1CC[C@]23c4c5ccc(O)c4O[C@H]2[C@@H](N(C)C(=O)C=Cc2cccc(C)c2)CC[C@H]3[C@H]1C5)[N+](=O)[O-]. The lowest BCUT2D eigenvalue weighted by Gasteiger charge is -2.60. The minimum absolute atomic E-state index is 0.0109. The maximum absolute atomic E-state index is 13.4. The summed E-state index contributed by atoms with van der Waals surface area (Å²) in [6.45, 7) is 6.63. The molecule has 2 bridgehead atoms. The van der Waals surface area contributed by atoms with Gasteiger partial charge in [0.2, 0.25) is 5.91 Å². The van der Waals surface area contributed by atoms with Crippen LogP contribution < -0.4 is 4.74 Å². The average Bonchev–Trinajstić information content (AvgIpc) is 3.25. The third kappa shape index (κ3) is 3.65. The lowest BCUT2D eigenvalue weighted by atomic mass is 9.51. The largest absolute Gasteiger partial charge is 0.504 e. The van der Waals surface area contributed by atoms with Crippen LogP contribution in [0.25, 0.3) is 6.08 Å². The number of phenols is 1. The number of piperidine rings is 1. The third-order valence-corrected chi connectivity index (χ3v) is 9.35. The first-order valence-electron chi connectivity index (χ1n) is 13.3. The van der Waals surface area contributed by atoms with Gasteiger partial charge in [0.15, 0.2) is 11.5 Å². The molecule has 2 aromatic rings. The molecule has 1 saturated heterocycles. The number of aromatic hydroxyl groups is 1. The number of hydrogen-bond acceptors (Lipinski definition) is 6. The molecule has 38 heavy (non-hydrogen) atoms. The highest BCUT2D eigenvalue weighted by Crippen LogP contribution is 2.64. The number of hydrogen-bond donors (Lipinski definition) is 1. The maximum Gasteiger partial charge on any atom is 0.253 e. The summed E-state index contributed by atoms with van der Waals surface area (Å²) in [5.74, 6) is 0.837. The molecule has 8 nitrogen and oxygen atoms in total. The number of benzene rings is 2. The molecular formula is C30H33N3O5. The summed E-state index contributed by atoms with van der Waals surface area (Å²) in [5.41, 5.74) is 4.02. The highest BCUT2D eigenvalue weighted by atomic mass is 16.6. The number of likely N-dealkylation sites (N-methyl/N-ethyl adjacent to an activating group) is 1. The maximum atomic E-state index is 13.4. The summed E-state index contributed by atoms with van der Waals surface area (Å²) in [5, 5.41) is 22.1. The molecule has 198 valence electrons. The van der Waals surface area contributed by atoms with Gasteiger partial charge in [0.05, 0.1) is 17.5 Å². The zero-order valence-electron chi connectivity index (χ0n) is 21.8. The molecule has 1 spiro atoms. The van der Waals surface area contributed by atoms with Crippen molar-refractivity contribution in [2.75, 3.05) is 20.1 Å². The van der Waals surface area contributed by atoms with Crippen molar-refractivity contribution < 1.29 is 19.6 Å². The van der Waals surface area contributed by atoms with Crippen molar-refractivity contribution in [3.8, 4) is 11.5 Å². The van der Waals surface area contributed by atoms with E-state index in [-0.39, 0.29) is 58.3 Å². The van der Waals surface area contributed by atoms with Crippen molar-refractivity contribution in [2.45, 2.75) is 56.2 Å². The zero-order chi connectivity index (χ0) is 26.8. The van der Waals surface area contributed by atoms with Gasteiger partial charge in [-0.15, -0.1) is 0 Å². The van der Waals surface area contributed by atoms with Crippen molar-refractivity contribution in [3.05, 3.63) is 87.1 Å². The van der Waals surface area contributed by atoms with Gasteiger partial charge in [-0.2, -0.15) is 0 Å². The molecule has 2 aliphatic heterocycles. The van der Waals surface area contributed by atoms with Gasteiger partial charge in [0.25, 0.3) is 5.70 Å². The molecular weight excluding hydrogens is 482 g/mol.